The van der Waals surface area contributed by atoms with Gasteiger partial charge in [-0.1, -0.05) is 67.7 Å². The maximum atomic E-state index is 12.5. The molecule has 0 heterocycles. The molecule has 2 rings (SSSR count). The van der Waals surface area contributed by atoms with Crippen LogP contribution in [0.5, 0.6) is 0 Å². The van der Waals surface area contributed by atoms with Crippen LogP contribution in [0.25, 0.3) is 0 Å². The molecule has 0 aromatic heterocycles. The maximum Gasteiger partial charge on any atom is 0.323 e. The zero-order valence-electron chi connectivity index (χ0n) is 18.4. The van der Waals surface area contributed by atoms with E-state index in [2.05, 4.69) is 13.1 Å². The van der Waals surface area contributed by atoms with Crippen LogP contribution in [0.3, 0.4) is 0 Å². The number of carbonyl (C=O) groups is 2. The van der Waals surface area contributed by atoms with Crippen molar-refractivity contribution >= 4 is 20.7 Å². The summed E-state index contributed by atoms with van der Waals surface area (Å²) in [6.45, 7) is 8.90. The van der Waals surface area contributed by atoms with E-state index in [1.807, 2.05) is 68.4 Å². The van der Waals surface area contributed by atoms with Crippen LogP contribution in [0.4, 0.5) is 0 Å². The van der Waals surface area contributed by atoms with Gasteiger partial charge in [-0.05, 0) is 43.0 Å². The molecule has 2 N–H and O–H groups in total. The van der Waals surface area contributed by atoms with E-state index in [-0.39, 0.29) is 12.6 Å². The van der Waals surface area contributed by atoms with Gasteiger partial charge < -0.3 is 15.2 Å². The summed E-state index contributed by atoms with van der Waals surface area (Å²) in [5, 5.41) is 0. The van der Waals surface area contributed by atoms with Gasteiger partial charge in [-0.25, -0.2) is 0 Å². The highest BCUT2D eigenvalue weighted by Crippen LogP contribution is 2.25. The van der Waals surface area contributed by atoms with Crippen LogP contribution >= 0.6 is 0 Å². The lowest BCUT2D eigenvalue weighted by Crippen LogP contribution is -2.34. The SMILES string of the molecule is C[SiH](C)CCOC(=O)C(C)(C)c1ccc(C[C@H](N)C(=O)OCc2ccccc2)cc1. The van der Waals surface area contributed by atoms with E-state index in [0.29, 0.717) is 13.0 Å². The Kier molecular flexibility index (Phi) is 8.81. The van der Waals surface area contributed by atoms with Crippen molar-refractivity contribution in [1.82, 2.24) is 0 Å². The largest absolute Gasteiger partial charge is 0.465 e. The summed E-state index contributed by atoms with van der Waals surface area (Å²) in [6.07, 6.45) is 0.373. The van der Waals surface area contributed by atoms with Gasteiger partial charge in [0.25, 0.3) is 0 Å². The van der Waals surface area contributed by atoms with Crippen LogP contribution in [0.15, 0.2) is 54.6 Å². The second-order valence-electron chi connectivity index (χ2n) is 8.54. The highest BCUT2D eigenvalue weighted by atomic mass is 28.3. The number of hydrogen-bond acceptors (Lipinski definition) is 5. The maximum absolute atomic E-state index is 12.5. The van der Waals surface area contributed by atoms with Crippen molar-refractivity contribution in [2.75, 3.05) is 6.61 Å². The molecule has 30 heavy (non-hydrogen) atoms. The summed E-state index contributed by atoms with van der Waals surface area (Å²) in [7, 11) is -0.737. The quantitative estimate of drug-likeness (QED) is 0.463. The van der Waals surface area contributed by atoms with Crippen LogP contribution in [-0.4, -0.2) is 33.4 Å². The molecule has 0 spiro atoms. The third kappa shape index (κ3) is 7.11. The second kappa shape index (κ2) is 11.1. The first-order valence-electron chi connectivity index (χ1n) is 10.4. The van der Waals surface area contributed by atoms with Gasteiger partial charge in [-0.15, -0.1) is 0 Å². The van der Waals surface area contributed by atoms with Gasteiger partial charge in [0.05, 0.1) is 12.0 Å². The van der Waals surface area contributed by atoms with Crippen LogP contribution in [0.2, 0.25) is 19.1 Å². The number of rotatable bonds is 10. The van der Waals surface area contributed by atoms with E-state index in [1.54, 1.807) is 0 Å². The van der Waals surface area contributed by atoms with Crippen molar-refractivity contribution in [3.8, 4) is 0 Å². The lowest BCUT2D eigenvalue weighted by molar-refractivity contribution is -0.149. The Hall–Kier alpha value is -2.44. The van der Waals surface area contributed by atoms with Crippen molar-refractivity contribution in [3.05, 3.63) is 71.3 Å². The van der Waals surface area contributed by atoms with E-state index in [1.165, 1.54) is 0 Å². The van der Waals surface area contributed by atoms with E-state index in [0.717, 1.165) is 22.7 Å². The van der Waals surface area contributed by atoms with Crippen LogP contribution in [0.1, 0.15) is 30.5 Å². The Morgan fingerprint density at radius 1 is 0.967 bits per heavy atom. The summed E-state index contributed by atoms with van der Waals surface area (Å²) in [5.41, 5.74) is 8.00. The standard InChI is InChI=1S/C24H33NO4Si/c1-24(2,23(27)28-14-15-30(3)4)20-12-10-18(11-13-20)16-21(25)22(26)29-17-19-8-6-5-7-9-19/h5-13,21,30H,14-17,25H2,1-4H3/t21-/m0/s1. The van der Waals surface area contributed by atoms with Crippen molar-refractivity contribution in [3.63, 3.8) is 0 Å². The Balaban J connectivity index is 1.89. The molecule has 0 radical (unpaired) electrons. The highest BCUT2D eigenvalue weighted by molar-refractivity contribution is 6.55. The van der Waals surface area contributed by atoms with E-state index in [4.69, 9.17) is 15.2 Å². The summed E-state index contributed by atoms with van der Waals surface area (Å²) >= 11 is 0. The normalized spacial score (nSPS) is 12.5. The molecular weight excluding hydrogens is 394 g/mol. The van der Waals surface area contributed by atoms with Crippen molar-refractivity contribution in [2.45, 2.75) is 57.5 Å². The summed E-state index contributed by atoms with van der Waals surface area (Å²) in [6, 6.07) is 17.3. The summed E-state index contributed by atoms with van der Waals surface area (Å²) < 4.78 is 10.8. The third-order valence-corrected chi connectivity index (χ3v) is 6.49. The van der Waals surface area contributed by atoms with Crippen molar-refractivity contribution in [2.24, 2.45) is 5.73 Å². The zero-order chi connectivity index (χ0) is 22.1. The minimum atomic E-state index is -0.738. The first-order valence-corrected chi connectivity index (χ1v) is 13.6. The fourth-order valence-electron chi connectivity index (χ4n) is 2.92. The molecule has 5 nitrogen and oxygen atoms in total. The minimum Gasteiger partial charge on any atom is -0.465 e. The van der Waals surface area contributed by atoms with Crippen LogP contribution < -0.4 is 5.73 Å². The smallest absolute Gasteiger partial charge is 0.323 e. The molecule has 1 atom stereocenters. The fourth-order valence-corrected chi connectivity index (χ4v) is 3.51. The van der Waals surface area contributed by atoms with E-state index < -0.39 is 26.2 Å². The Bertz CT molecular complexity index is 819. The molecule has 0 fully saturated rings. The molecule has 0 amide bonds. The molecule has 2 aromatic carbocycles. The van der Waals surface area contributed by atoms with Gasteiger partial charge in [0.1, 0.15) is 12.6 Å². The summed E-state index contributed by atoms with van der Waals surface area (Å²) in [5.74, 6) is -0.647. The lowest BCUT2D eigenvalue weighted by atomic mass is 9.84. The van der Waals surface area contributed by atoms with Crippen LogP contribution in [0, 0.1) is 0 Å². The van der Waals surface area contributed by atoms with Crippen molar-refractivity contribution in [1.29, 1.82) is 0 Å². The third-order valence-electron chi connectivity index (χ3n) is 5.10. The predicted molar refractivity (Wildman–Crippen MR) is 122 cm³/mol. The Morgan fingerprint density at radius 3 is 2.20 bits per heavy atom. The fraction of sp³-hybridized carbons (Fsp3) is 0.417. The molecule has 0 unspecified atom stereocenters. The molecule has 0 saturated heterocycles. The van der Waals surface area contributed by atoms with E-state index >= 15 is 0 Å². The van der Waals surface area contributed by atoms with Gasteiger partial charge >= 0.3 is 11.9 Å². The van der Waals surface area contributed by atoms with Gasteiger partial charge in [0.2, 0.25) is 0 Å². The molecule has 6 heteroatoms. The average molecular weight is 428 g/mol. The average Bonchev–Trinajstić information content (AvgIpc) is 2.72. The molecule has 0 aliphatic rings. The summed E-state index contributed by atoms with van der Waals surface area (Å²) in [4.78, 5) is 24.7. The molecular formula is C24H33NO4Si. The molecule has 0 aliphatic carbocycles. The monoisotopic (exact) mass is 427 g/mol. The number of ether oxygens (including phenoxy) is 2. The van der Waals surface area contributed by atoms with E-state index in [9.17, 15) is 9.59 Å². The number of benzene rings is 2. The van der Waals surface area contributed by atoms with Crippen molar-refractivity contribution < 1.29 is 19.1 Å². The lowest BCUT2D eigenvalue weighted by Gasteiger charge is -2.23. The number of carbonyl (C=O) groups excluding carboxylic acids is 2. The number of hydrogen-bond donors (Lipinski definition) is 1. The molecule has 0 bridgehead atoms. The second-order valence-corrected chi connectivity index (χ2v) is 11.9. The number of esters is 2. The minimum absolute atomic E-state index is 0.210. The van der Waals surface area contributed by atoms with Gasteiger partial charge in [0, 0.05) is 8.80 Å². The Morgan fingerprint density at radius 2 is 1.60 bits per heavy atom. The Labute approximate surface area is 181 Å². The topological polar surface area (TPSA) is 78.6 Å². The molecule has 2 aromatic rings. The molecule has 162 valence electrons. The molecule has 0 aliphatic heterocycles. The molecule has 0 saturated carbocycles. The predicted octanol–water partition coefficient (Wildman–Crippen LogP) is 3.61. The van der Waals surface area contributed by atoms with Gasteiger partial charge in [-0.3, -0.25) is 9.59 Å². The van der Waals surface area contributed by atoms with Gasteiger partial charge in [-0.2, -0.15) is 0 Å². The van der Waals surface area contributed by atoms with Crippen LogP contribution in [-0.2, 0) is 37.5 Å². The first-order chi connectivity index (χ1) is 14.2. The number of nitrogens with two attached hydrogens (primary N) is 1. The van der Waals surface area contributed by atoms with Gasteiger partial charge in [0.15, 0.2) is 0 Å². The zero-order valence-corrected chi connectivity index (χ0v) is 19.5. The first kappa shape index (κ1) is 23.8. The highest BCUT2D eigenvalue weighted by Gasteiger charge is 2.31.